The third-order valence-corrected chi connectivity index (χ3v) is 1.51. The van der Waals surface area contributed by atoms with Crippen molar-refractivity contribution in [2.24, 2.45) is 0 Å². The van der Waals surface area contributed by atoms with Crippen LogP contribution in [0.3, 0.4) is 0 Å². The molecule has 0 saturated heterocycles. The second-order valence-electron chi connectivity index (χ2n) is 2.11. The fourth-order valence-electron chi connectivity index (χ4n) is 0.928. The summed E-state index contributed by atoms with van der Waals surface area (Å²) in [5.41, 5.74) is 1.75. The van der Waals surface area contributed by atoms with Gasteiger partial charge in [-0.2, -0.15) is 0 Å². The minimum absolute atomic E-state index is 0.685. The maximum absolute atomic E-state index is 10.3. The highest BCUT2D eigenvalue weighted by Crippen LogP contribution is 2.05. The molecule has 0 N–H and O–H groups in total. The minimum atomic E-state index is 0.685. The van der Waals surface area contributed by atoms with Crippen molar-refractivity contribution >= 4 is 6.29 Å². The normalized spacial score (nSPS) is 9.30. The Bertz CT molecular complexity index is 228. The molecule has 0 aliphatic carbocycles. The van der Waals surface area contributed by atoms with E-state index < -0.39 is 0 Å². The Labute approximate surface area is 60.7 Å². The first-order valence-electron chi connectivity index (χ1n) is 3.34. The maximum Gasteiger partial charge on any atom is 0.233 e. The standard InChI is InChI=1S/C9H9O/c1-2-8-5-3-4-6-9(8)7-10/h3-6H,2H2,1H3. The van der Waals surface area contributed by atoms with Crippen molar-refractivity contribution in [1.29, 1.82) is 0 Å². The van der Waals surface area contributed by atoms with Gasteiger partial charge in [-0.05, 0) is 12.0 Å². The van der Waals surface area contributed by atoms with E-state index in [1.54, 1.807) is 6.07 Å². The van der Waals surface area contributed by atoms with Crippen LogP contribution in [-0.4, -0.2) is 6.29 Å². The van der Waals surface area contributed by atoms with Crippen LogP contribution in [0.25, 0.3) is 0 Å². The van der Waals surface area contributed by atoms with Crippen molar-refractivity contribution in [2.45, 2.75) is 13.3 Å². The Kier molecular flexibility index (Phi) is 2.21. The van der Waals surface area contributed by atoms with Crippen molar-refractivity contribution in [3.8, 4) is 0 Å². The summed E-state index contributed by atoms with van der Waals surface area (Å²) < 4.78 is 0. The molecule has 0 saturated carbocycles. The first kappa shape index (κ1) is 7.00. The van der Waals surface area contributed by atoms with E-state index in [4.69, 9.17) is 0 Å². The average molecular weight is 133 g/mol. The van der Waals surface area contributed by atoms with E-state index in [2.05, 4.69) is 0 Å². The summed E-state index contributed by atoms with van der Waals surface area (Å²) in [6.07, 6.45) is 2.79. The first-order valence-corrected chi connectivity index (χ1v) is 3.34. The van der Waals surface area contributed by atoms with Crippen LogP contribution in [-0.2, 0) is 11.2 Å². The zero-order valence-corrected chi connectivity index (χ0v) is 5.92. The molecular formula is C9H9O. The summed E-state index contributed by atoms with van der Waals surface area (Å²) in [6, 6.07) is 7.51. The highest BCUT2D eigenvalue weighted by molar-refractivity contribution is 5.77. The number of hydrogen-bond acceptors (Lipinski definition) is 1. The molecule has 51 valence electrons. The van der Waals surface area contributed by atoms with Crippen LogP contribution in [0.4, 0.5) is 0 Å². The quantitative estimate of drug-likeness (QED) is 0.600. The van der Waals surface area contributed by atoms with E-state index in [9.17, 15) is 4.79 Å². The SMILES string of the molecule is CCc1ccccc1[C]=O. The van der Waals surface area contributed by atoms with Crippen LogP contribution in [0.15, 0.2) is 24.3 Å². The van der Waals surface area contributed by atoms with Crippen LogP contribution in [0, 0.1) is 0 Å². The Morgan fingerprint density at radius 3 is 2.60 bits per heavy atom. The molecule has 0 aliphatic heterocycles. The number of hydrogen-bond donors (Lipinski definition) is 0. The van der Waals surface area contributed by atoms with Crippen LogP contribution in [0.1, 0.15) is 18.1 Å². The van der Waals surface area contributed by atoms with Crippen LogP contribution >= 0.6 is 0 Å². The fraction of sp³-hybridized carbons (Fsp3) is 0.222. The van der Waals surface area contributed by atoms with Gasteiger partial charge in [-0.1, -0.05) is 31.2 Å². The number of rotatable bonds is 2. The van der Waals surface area contributed by atoms with Gasteiger partial charge in [0.25, 0.3) is 0 Å². The second kappa shape index (κ2) is 3.16. The molecule has 1 rings (SSSR count). The molecule has 1 nitrogen and oxygen atoms in total. The van der Waals surface area contributed by atoms with Gasteiger partial charge in [0, 0.05) is 5.56 Å². The molecule has 1 heteroatoms. The molecule has 10 heavy (non-hydrogen) atoms. The molecule has 0 spiro atoms. The summed E-state index contributed by atoms with van der Waals surface area (Å²) in [7, 11) is 0. The number of aryl methyl sites for hydroxylation is 1. The summed E-state index contributed by atoms with van der Waals surface area (Å²) in [6.45, 7) is 2.02. The molecule has 0 fully saturated rings. The molecule has 1 radical (unpaired) electrons. The Balaban J connectivity index is 3.08. The lowest BCUT2D eigenvalue weighted by atomic mass is 10.1. The van der Waals surface area contributed by atoms with Gasteiger partial charge in [0.15, 0.2) is 0 Å². The zero-order chi connectivity index (χ0) is 7.40. The molecule has 0 heterocycles. The smallest absolute Gasteiger partial charge is 0.233 e. The topological polar surface area (TPSA) is 17.1 Å². The summed E-state index contributed by atoms with van der Waals surface area (Å²) in [5, 5.41) is 0. The molecule has 0 aliphatic rings. The van der Waals surface area contributed by atoms with Gasteiger partial charge < -0.3 is 0 Å². The van der Waals surface area contributed by atoms with Gasteiger partial charge in [0.05, 0.1) is 0 Å². The van der Waals surface area contributed by atoms with Gasteiger partial charge >= 0.3 is 0 Å². The van der Waals surface area contributed by atoms with E-state index in [0.29, 0.717) is 5.56 Å². The second-order valence-corrected chi connectivity index (χ2v) is 2.11. The third-order valence-electron chi connectivity index (χ3n) is 1.51. The maximum atomic E-state index is 10.3. The monoisotopic (exact) mass is 133 g/mol. The molecule has 1 aromatic carbocycles. The predicted octanol–water partition coefficient (Wildman–Crippen LogP) is 1.71. The minimum Gasteiger partial charge on any atom is -0.285 e. The summed E-state index contributed by atoms with van der Waals surface area (Å²) in [4.78, 5) is 10.3. The van der Waals surface area contributed by atoms with Crippen molar-refractivity contribution in [1.82, 2.24) is 0 Å². The molecule has 1 aromatic rings. The average Bonchev–Trinajstić information content (AvgIpc) is 2.04. The Hall–Kier alpha value is -1.11. The lowest BCUT2D eigenvalue weighted by Crippen LogP contribution is -1.88. The van der Waals surface area contributed by atoms with Gasteiger partial charge in [-0.15, -0.1) is 0 Å². The number of benzene rings is 1. The summed E-state index contributed by atoms with van der Waals surface area (Å²) in [5.74, 6) is 0. The van der Waals surface area contributed by atoms with E-state index in [1.165, 1.54) is 0 Å². The lowest BCUT2D eigenvalue weighted by Gasteiger charge is -1.96. The molecule has 0 aromatic heterocycles. The van der Waals surface area contributed by atoms with Crippen molar-refractivity contribution in [2.75, 3.05) is 0 Å². The molecule has 0 unspecified atom stereocenters. The fourth-order valence-corrected chi connectivity index (χ4v) is 0.928. The van der Waals surface area contributed by atoms with Crippen molar-refractivity contribution < 1.29 is 4.79 Å². The molecule has 0 atom stereocenters. The van der Waals surface area contributed by atoms with E-state index in [-0.39, 0.29) is 0 Å². The molecular weight excluding hydrogens is 124 g/mol. The predicted molar refractivity (Wildman–Crippen MR) is 40.6 cm³/mol. The van der Waals surface area contributed by atoms with Gasteiger partial charge in [-0.3, -0.25) is 4.79 Å². The van der Waals surface area contributed by atoms with Crippen molar-refractivity contribution in [3.05, 3.63) is 35.4 Å². The van der Waals surface area contributed by atoms with Gasteiger partial charge in [-0.25, -0.2) is 0 Å². The first-order chi connectivity index (χ1) is 4.88. The number of carbonyl (C=O) groups excluding carboxylic acids is 1. The van der Waals surface area contributed by atoms with E-state index >= 15 is 0 Å². The van der Waals surface area contributed by atoms with E-state index in [1.807, 2.05) is 31.4 Å². The van der Waals surface area contributed by atoms with Crippen molar-refractivity contribution in [3.63, 3.8) is 0 Å². The Morgan fingerprint density at radius 1 is 1.40 bits per heavy atom. The van der Waals surface area contributed by atoms with Crippen LogP contribution < -0.4 is 0 Å². The van der Waals surface area contributed by atoms with Gasteiger partial charge in [0.2, 0.25) is 6.29 Å². The van der Waals surface area contributed by atoms with Crippen LogP contribution in [0.5, 0.6) is 0 Å². The van der Waals surface area contributed by atoms with Crippen LogP contribution in [0.2, 0.25) is 0 Å². The van der Waals surface area contributed by atoms with E-state index in [0.717, 1.165) is 12.0 Å². The summed E-state index contributed by atoms with van der Waals surface area (Å²) >= 11 is 0. The molecule has 0 amide bonds. The Morgan fingerprint density at radius 2 is 2.10 bits per heavy atom. The highest BCUT2D eigenvalue weighted by Gasteiger charge is 1.95. The molecule has 0 bridgehead atoms. The third kappa shape index (κ3) is 1.24. The highest BCUT2D eigenvalue weighted by atomic mass is 16.1. The van der Waals surface area contributed by atoms with Gasteiger partial charge in [0.1, 0.15) is 0 Å². The largest absolute Gasteiger partial charge is 0.285 e. The lowest BCUT2D eigenvalue weighted by molar-refractivity contribution is 0.562. The zero-order valence-electron chi connectivity index (χ0n) is 5.92.